The Labute approximate surface area is 192 Å². The molecule has 1 N–H and O–H groups in total. The molecule has 2 aromatic carbocycles. The molecule has 1 fully saturated rings. The topological polar surface area (TPSA) is 37.0 Å². The second kappa shape index (κ2) is 11.9. The Morgan fingerprint density at radius 1 is 0.903 bits per heavy atom. The molecule has 168 valence electrons. The summed E-state index contributed by atoms with van der Waals surface area (Å²) in [5.41, 5.74) is 3.90. The van der Waals surface area contributed by atoms with E-state index in [0.29, 0.717) is 13.2 Å². The number of piperazine rings is 1. The Balaban J connectivity index is 1.41. The van der Waals surface area contributed by atoms with E-state index in [2.05, 4.69) is 58.4 Å². The molecule has 1 saturated heterocycles. The fourth-order valence-corrected chi connectivity index (χ4v) is 4.02. The van der Waals surface area contributed by atoms with Gasteiger partial charge in [0, 0.05) is 39.3 Å². The van der Waals surface area contributed by atoms with Crippen LogP contribution in [0, 0.1) is 6.92 Å². The zero-order valence-electron chi connectivity index (χ0n) is 19.0. The normalized spacial score (nSPS) is 14.4. The highest BCUT2D eigenvalue weighted by Crippen LogP contribution is 2.28. The number of aryl methyl sites for hydroxylation is 1. The van der Waals surface area contributed by atoms with Crippen molar-refractivity contribution >= 4 is 17.3 Å². The molecule has 5 nitrogen and oxygen atoms in total. The van der Waals surface area contributed by atoms with E-state index < -0.39 is 0 Å². The fraction of sp³-hybridized carbons (Fsp3) is 0.480. The molecule has 1 heterocycles. The van der Waals surface area contributed by atoms with E-state index in [1.165, 1.54) is 16.7 Å². The van der Waals surface area contributed by atoms with Crippen LogP contribution in [0.5, 0.6) is 11.5 Å². The van der Waals surface area contributed by atoms with Crippen LogP contribution in [0.1, 0.15) is 30.5 Å². The molecule has 31 heavy (non-hydrogen) atoms. The first-order valence-corrected chi connectivity index (χ1v) is 11.7. The lowest BCUT2D eigenvalue weighted by Gasteiger charge is -2.36. The maximum absolute atomic E-state index is 5.73. The minimum Gasteiger partial charge on any atom is -0.490 e. The Bertz CT molecular complexity index is 833. The quantitative estimate of drug-likeness (QED) is 0.592. The van der Waals surface area contributed by atoms with Gasteiger partial charge in [-0.2, -0.15) is 0 Å². The van der Waals surface area contributed by atoms with Crippen molar-refractivity contribution < 1.29 is 9.47 Å². The van der Waals surface area contributed by atoms with Crippen molar-refractivity contribution in [1.82, 2.24) is 15.1 Å². The molecule has 6 heteroatoms. The monoisotopic (exact) mass is 441 g/mol. The van der Waals surface area contributed by atoms with Crippen LogP contribution in [0.25, 0.3) is 0 Å². The number of nitrogens with one attached hydrogen (secondary N) is 1. The SMILES string of the molecule is CCOc1ccc(CCNC(=S)N2CCN(Cc3ccc(C)cc3)CC2)cc1OCC. The van der Waals surface area contributed by atoms with Gasteiger partial charge >= 0.3 is 0 Å². The summed E-state index contributed by atoms with van der Waals surface area (Å²) in [6.45, 7) is 13.2. The largest absolute Gasteiger partial charge is 0.490 e. The van der Waals surface area contributed by atoms with E-state index >= 15 is 0 Å². The van der Waals surface area contributed by atoms with Gasteiger partial charge in [0.05, 0.1) is 13.2 Å². The molecular formula is C25H35N3O2S. The summed E-state index contributed by atoms with van der Waals surface area (Å²) in [5, 5.41) is 4.28. The van der Waals surface area contributed by atoms with Crippen molar-refractivity contribution in [2.24, 2.45) is 0 Å². The summed E-state index contributed by atoms with van der Waals surface area (Å²) in [6, 6.07) is 15.0. The zero-order valence-corrected chi connectivity index (χ0v) is 19.8. The van der Waals surface area contributed by atoms with Crippen LogP contribution in [-0.4, -0.2) is 60.8 Å². The minimum atomic E-state index is 0.627. The highest BCUT2D eigenvalue weighted by molar-refractivity contribution is 7.80. The lowest BCUT2D eigenvalue weighted by atomic mass is 10.1. The number of ether oxygens (including phenoxy) is 2. The van der Waals surface area contributed by atoms with Crippen molar-refractivity contribution in [1.29, 1.82) is 0 Å². The van der Waals surface area contributed by atoms with E-state index in [4.69, 9.17) is 21.7 Å². The Hall–Kier alpha value is -2.31. The molecule has 2 aromatic rings. The zero-order chi connectivity index (χ0) is 22.1. The van der Waals surface area contributed by atoms with Gasteiger partial charge < -0.3 is 19.7 Å². The van der Waals surface area contributed by atoms with E-state index in [1.54, 1.807) is 0 Å². The first-order valence-electron chi connectivity index (χ1n) is 11.3. The van der Waals surface area contributed by atoms with Crippen LogP contribution < -0.4 is 14.8 Å². The maximum atomic E-state index is 5.73. The van der Waals surface area contributed by atoms with Gasteiger partial charge in [-0.05, 0) is 62.7 Å². The van der Waals surface area contributed by atoms with Gasteiger partial charge in [-0.3, -0.25) is 4.90 Å². The van der Waals surface area contributed by atoms with Gasteiger partial charge in [-0.1, -0.05) is 35.9 Å². The third-order valence-electron chi connectivity index (χ3n) is 5.48. The van der Waals surface area contributed by atoms with Crippen molar-refractivity contribution in [3.05, 3.63) is 59.2 Å². The second-order valence-electron chi connectivity index (χ2n) is 7.88. The van der Waals surface area contributed by atoms with Crippen LogP contribution in [-0.2, 0) is 13.0 Å². The molecule has 0 amide bonds. The lowest BCUT2D eigenvalue weighted by molar-refractivity contribution is 0.174. The van der Waals surface area contributed by atoms with Crippen LogP contribution in [0.2, 0.25) is 0 Å². The van der Waals surface area contributed by atoms with E-state index in [9.17, 15) is 0 Å². The van der Waals surface area contributed by atoms with Gasteiger partial charge in [0.25, 0.3) is 0 Å². The van der Waals surface area contributed by atoms with Gasteiger partial charge in [-0.25, -0.2) is 0 Å². The van der Waals surface area contributed by atoms with Crippen LogP contribution in [0.4, 0.5) is 0 Å². The summed E-state index contributed by atoms with van der Waals surface area (Å²) in [5.74, 6) is 1.62. The predicted molar refractivity (Wildman–Crippen MR) is 131 cm³/mol. The molecule has 1 aliphatic rings. The second-order valence-corrected chi connectivity index (χ2v) is 8.26. The van der Waals surface area contributed by atoms with Gasteiger partial charge in [0.2, 0.25) is 0 Å². The number of nitrogens with zero attached hydrogens (tertiary/aromatic N) is 2. The average Bonchev–Trinajstić information content (AvgIpc) is 2.78. The van der Waals surface area contributed by atoms with E-state index in [-0.39, 0.29) is 0 Å². The first-order chi connectivity index (χ1) is 15.1. The van der Waals surface area contributed by atoms with Crippen LogP contribution in [0.3, 0.4) is 0 Å². The molecule has 0 saturated carbocycles. The molecule has 0 atom stereocenters. The molecule has 0 radical (unpaired) electrons. The van der Waals surface area contributed by atoms with Gasteiger partial charge in [0.15, 0.2) is 16.6 Å². The number of hydrogen-bond donors (Lipinski definition) is 1. The number of benzene rings is 2. The number of hydrogen-bond acceptors (Lipinski definition) is 4. The maximum Gasteiger partial charge on any atom is 0.169 e. The highest BCUT2D eigenvalue weighted by Gasteiger charge is 2.18. The molecule has 1 aliphatic heterocycles. The Morgan fingerprint density at radius 2 is 1.55 bits per heavy atom. The predicted octanol–water partition coefficient (Wildman–Crippen LogP) is 4.03. The van der Waals surface area contributed by atoms with Gasteiger partial charge in [-0.15, -0.1) is 0 Å². The molecule has 0 unspecified atom stereocenters. The highest BCUT2D eigenvalue weighted by atomic mass is 32.1. The van der Waals surface area contributed by atoms with E-state index in [0.717, 1.165) is 62.3 Å². The van der Waals surface area contributed by atoms with Crippen LogP contribution in [0.15, 0.2) is 42.5 Å². The molecule has 0 spiro atoms. The third-order valence-corrected chi connectivity index (χ3v) is 5.89. The Morgan fingerprint density at radius 3 is 2.23 bits per heavy atom. The third kappa shape index (κ3) is 7.11. The fourth-order valence-electron chi connectivity index (χ4n) is 3.74. The van der Waals surface area contributed by atoms with Gasteiger partial charge in [0.1, 0.15) is 0 Å². The first kappa shape index (κ1) is 23.4. The lowest BCUT2D eigenvalue weighted by Crippen LogP contribution is -2.51. The molecule has 0 aliphatic carbocycles. The molecule has 0 aromatic heterocycles. The molecule has 3 rings (SSSR count). The van der Waals surface area contributed by atoms with Crippen molar-refractivity contribution in [3.8, 4) is 11.5 Å². The number of thiocarbonyl (C=S) groups is 1. The summed E-state index contributed by atoms with van der Waals surface area (Å²) in [7, 11) is 0. The van der Waals surface area contributed by atoms with E-state index in [1.807, 2.05) is 19.9 Å². The smallest absolute Gasteiger partial charge is 0.169 e. The molecule has 0 bridgehead atoms. The summed E-state index contributed by atoms with van der Waals surface area (Å²) < 4.78 is 11.4. The Kier molecular flexibility index (Phi) is 8.98. The molecular weight excluding hydrogens is 406 g/mol. The summed E-state index contributed by atoms with van der Waals surface area (Å²) in [6.07, 6.45) is 0.889. The van der Waals surface area contributed by atoms with Crippen molar-refractivity contribution in [3.63, 3.8) is 0 Å². The average molecular weight is 442 g/mol. The van der Waals surface area contributed by atoms with Crippen molar-refractivity contribution in [2.75, 3.05) is 45.9 Å². The minimum absolute atomic E-state index is 0.627. The summed E-state index contributed by atoms with van der Waals surface area (Å²) >= 11 is 5.65. The number of rotatable bonds is 9. The van der Waals surface area contributed by atoms with Crippen LogP contribution >= 0.6 is 12.2 Å². The summed E-state index contributed by atoms with van der Waals surface area (Å²) in [4.78, 5) is 4.78. The standard InChI is InChI=1S/C25H35N3O2S/c1-4-29-23-11-10-21(18-24(23)30-5-2)12-13-26-25(31)28-16-14-27(15-17-28)19-22-8-6-20(3)7-9-22/h6-11,18H,4-5,12-17,19H2,1-3H3,(H,26,31). The van der Waals surface area contributed by atoms with Crippen molar-refractivity contribution in [2.45, 2.75) is 33.7 Å².